The molecule has 0 saturated heterocycles. The van der Waals surface area contributed by atoms with Crippen molar-refractivity contribution in [2.75, 3.05) is 18.4 Å². The Bertz CT molecular complexity index is 441. The number of carbonyl (C=O) groups excluding carboxylic acids is 1. The number of hydrogen-bond acceptors (Lipinski definition) is 3. The van der Waals surface area contributed by atoms with E-state index in [2.05, 4.69) is 38.0 Å². The van der Waals surface area contributed by atoms with Gasteiger partial charge in [0.05, 0.1) is 0 Å². The first-order valence-corrected chi connectivity index (χ1v) is 8.04. The molecule has 4 nitrogen and oxygen atoms in total. The maximum Gasteiger partial charge on any atom is 0.272 e. The summed E-state index contributed by atoms with van der Waals surface area (Å²) in [6.07, 6.45) is 3.65. The van der Waals surface area contributed by atoms with Gasteiger partial charge in [-0.2, -0.15) is 0 Å². The van der Waals surface area contributed by atoms with E-state index in [1.807, 2.05) is 24.0 Å². The third-order valence-electron chi connectivity index (χ3n) is 3.57. The number of rotatable bonds is 8. The zero-order valence-corrected chi connectivity index (χ0v) is 14.0. The molecule has 1 N–H and O–H groups in total. The molecule has 0 bridgehead atoms. The average Bonchev–Trinajstić information content (AvgIpc) is 2.47. The fourth-order valence-corrected chi connectivity index (χ4v) is 2.53. The predicted octanol–water partition coefficient (Wildman–Crippen LogP) is 3.80. The number of amides is 1. The molecule has 0 spiro atoms. The van der Waals surface area contributed by atoms with E-state index in [0.29, 0.717) is 11.6 Å². The lowest BCUT2D eigenvalue weighted by Gasteiger charge is -2.32. The normalized spacial score (nSPS) is 11.0. The molecule has 0 radical (unpaired) electrons. The number of hydrogen-bond donors (Lipinski definition) is 1. The van der Waals surface area contributed by atoms with E-state index in [-0.39, 0.29) is 11.9 Å². The minimum absolute atomic E-state index is 0.0390. The van der Waals surface area contributed by atoms with Crippen LogP contribution in [-0.2, 0) is 0 Å². The predicted molar refractivity (Wildman–Crippen MR) is 88.6 cm³/mol. The van der Waals surface area contributed by atoms with Crippen LogP contribution in [0.3, 0.4) is 0 Å². The minimum atomic E-state index is 0.0390. The van der Waals surface area contributed by atoms with Crippen molar-refractivity contribution in [3.63, 3.8) is 0 Å². The highest BCUT2D eigenvalue weighted by Crippen LogP contribution is 2.17. The molecule has 1 amide bonds. The third kappa shape index (κ3) is 5.03. The Morgan fingerprint density at radius 3 is 2.48 bits per heavy atom. The van der Waals surface area contributed by atoms with Gasteiger partial charge in [-0.15, -0.1) is 0 Å². The molecule has 0 atom stereocenters. The summed E-state index contributed by atoms with van der Waals surface area (Å²) < 4.78 is 0. The van der Waals surface area contributed by atoms with Crippen molar-refractivity contribution < 1.29 is 4.79 Å². The highest BCUT2D eigenvalue weighted by atomic mass is 16.2. The summed E-state index contributed by atoms with van der Waals surface area (Å²) in [6.45, 7) is 12.2. The van der Waals surface area contributed by atoms with E-state index < -0.39 is 0 Å². The fraction of sp³-hybridized carbons (Fsp3) is 0.647. The van der Waals surface area contributed by atoms with Crippen LogP contribution >= 0.6 is 0 Å². The van der Waals surface area contributed by atoms with Gasteiger partial charge in [-0.25, -0.2) is 0 Å². The van der Waals surface area contributed by atoms with Gasteiger partial charge in [0.2, 0.25) is 0 Å². The molecule has 0 aromatic carbocycles. The van der Waals surface area contributed by atoms with E-state index in [4.69, 9.17) is 0 Å². The Morgan fingerprint density at radius 1 is 1.29 bits per heavy atom. The summed E-state index contributed by atoms with van der Waals surface area (Å²) in [4.78, 5) is 19.1. The topological polar surface area (TPSA) is 45.2 Å². The Balaban J connectivity index is 3.00. The van der Waals surface area contributed by atoms with Gasteiger partial charge in [0, 0.05) is 31.0 Å². The molecular weight excluding hydrogens is 262 g/mol. The second-order valence-corrected chi connectivity index (χ2v) is 5.78. The molecule has 0 aliphatic heterocycles. The highest BCUT2D eigenvalue weighted by Gasteiger charge is 2.24. The van der Waals surface area contributed by atoms with Crippen LogP contribution < -0.4 is 5.32 Å². The Kier molecular flexibility index (Phi) is 7.20. The molecule has 1 heterocycles. The summed E-state index contributed by atoms with van der Waals surface area (Å²) in [5.74, 6) is 0.489. The molecule has 0 aliphatic rings. The fourth-order valence-electron chi connectivity index (χ4n) is 2.53. The molecule has 1 rings (SSSR count). The van der Waals surface area contributed by atoms with Crippen molar-refractivity contribution in [3.8, 4) is 0 Å². The van der Waals surface area contributed by atoms with Crippen LogP contribution in [0.15, 0.2) is 18.3 Å². The molecule has 1 aromatic rings. The number of aromatic nitrogens is 1. The molecule has 21 heavy (non-hydrogen) atoms. The van der Waals surface area contributed by atoms with E-state index in [9.17, 15) is 4.79 Å². The zero-order valence-electron chi connectivity index (χ0n) is 14.0. The van der Waals surface area contributed by atoms with Crippen LogP contribution in [0.25, 0.3) is 0 Å². The zero-order chi connectivity index (χ0) is 15.8. The first-order chi connectivity index (χ1) is 10.0. The number of nitrogens with one attached hydrogen (secondary N) is 1. The van der Waals surface area contributed by atoms with Gasteiger partial charge >= 0.3 is 0 Å². The number of carbonyl (C=O) groups is 1. The summed E-state index contributed by atoms with van der Waals surface area (Å²) >= 11 is 0. The van der Waals surface area contributed by atoms with Crippen LogP contribution in [0, 0.1) is 5.92 Å². The van der Waals surface area contributed by atoms with Gasteiger partial charge in [-0.1, -0.05) is 27.7 Å². The second kappa shape index (κ2) is 8.65. The molecule has 118 valence electrons. The lowest BCUT2D eigenvalue weighted by atomic mass is 10.1. The second-order valence-electron chi connectivity index (χ2n) is 5.78. The van der Waals surface area contributed by atoms with E-state index in [1.165, 1.54) is 0 Å². The summed E-state index contributed by atoms with van der Waals surface area (Å²) in [5, 5.41) is 3.23. The molecule has 0 aliphatic carbocycles. The molecule has 4 heteroatoms. The van der Waals surface area contributed by atoms with E-state index >= 15 is 0 Å². The van der Waals surface area contributed by atoms with Gasteiger partial charge in [-0.3, -0.25) is 9.78 Å². The van der Waals surface area contributed by atoms with Crippen molar-refractivity contribution in [2.45, 2.75) is 53.5 Å². The highest BCUT2D eigenvalue weighted by molar-refractivity contribution is 5.93. The Morgan fingerprint density at radius 2 is 1.95 bits per heavy atom. The average molecular weight is 291 g/mol. The molecular formula is C17H29N3O. The van der Waals surface area contributed by atoms with Crippen molar-refractivity contribution >= 4 is 11.6 Å². The van der Waals surface area contributed by atoms with Gasteiger partial charge in [0.15, 0.2) is 0 Å². The number of nitrogens with zero attached hydrogens (tertiary/aromatic N) is 2. The Hall–Kier alpha value is -1.58. The summed E-state index contributed by atoms with van der Waals surface area (Å²) in [7, 11) is 0. The first kappa shape index (κ1) is 17.5. The molecule has 0 unspecified atom stereocenters. The van der Waals surface area contributed by atoms with Gasteiger partial charge in [0.25, 0.3) is 5.91 Å². The lowest BCUT2D eigenvalue weighted by molar-refractivity contribution is 0.0634. The molecule has 0 saturated carbocycles. The van der Waals surface area contributed by atoms with Crippen molar-refractivity contribution in [2.24, 2.45) is 5.92 Å². The SMILES string of the molecule is CCNc1ccnc(C(=O)N(CC(C)C)C(CC)CC)c1. The lowest BCUT2D eigenvalue weighted by Crippen LogP contribution is -2.42. The largest absolute Gasteiger partial charge is 0.385 e. The number of pyridine rings is 1. The van der Waals surface area contributed by atoms with Crippen LogP contribution in [-0.4, -0.2) is 34.9 Å². The van der Waals surface area contributed by atoms with Crippen molar-refractivity contribution in [3.05, 3.63) is 24.0 Å². The Labute approximate surface area is 129 Å². The van der Waals surface area contributed by atoms with Gasteiger partial charge < -0.3 is 10.2 Å². The summed E-state index contributed by atoms with van der Waals surface area (Å²) in [5.41, 5.74) is 1.48. The van der Waals surface area contributed by atoms with Gasteiger partial charge in [-0.05, 0) is 37.8 Å². The van der Waals surface area contributed by atoms with Crippen LogP contribution in [0.1, 0.15) is 57.9 Å². The van der Waals surface area contributed by atoms with Crippen LogP contribution in [0.4, 0.5) is 5.69 Å². The smallest absolute Gasteiger partial charge is 0.272 e. The van der Waals surface area contributed by atoms with Crippen molar-refractivity contribution in [1.82, 2.24) is 9.88 Å². The number of anilines is 1. The standard InChI is InChI=1S/C17H29N3O/c1-6-15(7-2)20(12-13(4)5)17(21)16-11-14(18-8-3)9-10-19-16/h9-11,13,15H,6-8,12H2,1-5H3,(H,18,19). The van der Waals surface area contributed by atoms with E-state index in [1.54, 1.807) is 6.20 Å². The summed E-state index contributed by atoms with van der Waals surface area (Å²) in [6, 6.07) is 4.02. The minimum Gasteiger partial charge on any atom is -0.385 e. The quantitative estimate of drug-likeness (QED) is 0.792. The molecule has 1 aromatic heterocycles. The third-order valence-corrected chi connectivity index (χ3v) is 3.57. The maximum atomic E-state index is 12.8. The first-order valence-electron chi connectivity index (χ1n) is 8.04. The van der Waals surface area contributed by atoms with Crippen LogP contribution in [0.2, 0.25) is 0 Å². The van der Waals surface area contributed by atoms with Crippen molar-refractivity contribution in [1.29, 1.82) is 0 Å². The van der Waals surface area contributed by atoms with Gasteiger partial charge in [0.1, 0.15) is 5.69 Å². The van der Waals surface area contributed by atoms with Crippen LogP contribution in [0.5, 0.6) is 0 Å². The van der Waals surface area contributed by atoms with E-state index in [0.717, 1.165) is 31.6 Å². The maximum absolute atomic E-state index is 12.8. The molecule has 0 fully saturated rings. The monoisotopic (exact) mass is 291 g/mol.